The van der Waals surface area contributed by atoms with Gasteiger partial charge in [-0.1, -0.05) is 30.3 Å². The molecule has 1 unspecified atom stereocenters. The van der Waals surface area contributed by atoms with Gasteiger partial charge in [0.2, 0.25) is 0 Å². The van der Waals surface area contributed by atoms with Gasteiger partial charge in [-0.05, 0) is 24.6 Å². The highest BCUT2D eigenvalue weighted by Gasteiger charge is 2.22. The fourth-order valence-corrected chi connectivity index (χ4v) is 2.66. The summed E-state index contributed by atoms with van der Waals surface area (Å²) in [4.78, 5) is 0. The van der Waals surface area contributed by atoms with E-state index in [1.165, 1.54) is 0 Å². The van der Waals surface area contributed by atoms with Crippen molar-refractivity contribution in [1.29, 1.82) is 0 Å². The number of benzene rings is 1. The molecule has 0 fully saturated rings. The monoisotopic (exact) mass is 248 g/mol. The Kier molecular flexibility index (Phi) is 3.92. The Morgan fingerprint density at radius 2 is 1.94 bits per heavy atom. The fourth-order valence-electron chi connectivity index (χ4n) is 1.63. The molecule has 0 bridgehead atoms. The Morgan fingerprint density at radius 1 is 1.18 bits per heavy atom. The summed E-state index contributed by atoms with van der Waals surface area (Å²) >= 11 is 1.67. The van der Waals surface area contributed by atoms with Crippen LogP contribution < -0.4 is 0 Å². The average Bonchev–Trinajstić information content (AvgIpc) is 2.83. The van der Waals surface area contributed by atoms with Gasteiger partial charge in [-0.2, -0.15) is 11.8 Å². The van der Waals surface area contributed by atoms with Gasteiger partial charge in [-0.3, -0.25) is 0 Å². The first-order chi connectivity index (χ1) is 8.18. The molecule has 0 saturated carbocycles. The van der Waals surface area contributed by atoms with Gasteiger partial charge in [0, 0.05) is 5.75 Å². The lowest BCUT2D eigenvalue weighted by molar-refractivity contribution is 0.0839. The van der Waals surface area contributed by atoms with Crippen molar-refractivity contribution in [2.45, 2.75) is 18.3 Å². The number of aliphatic hydroxyl groups is 1. The second-order valence-corrected chi connectivity index (χ2v) is 5.20. The molecule has 1 aromatic heterocycles. The summed E-state index contributed by atoms with van der Waals surface area (Å²) in [6.45, 7) is 1.84. The number of hydrogen-bond acceptors (Lipinski definition) is 3. The van der Waals surface area contributed by atoms with Crippen molar-refractivity contribution >= 4 is 11.8 Å². The summed E-state index contributed by atoms with van der Waals surface area (Å²) in [5.74, 6) is 2.38. The molecule has 0 aliphatic rings. The third-order valence-electron chi connectivity index (χ3n) is 2.60. The molecule has 1 N–H and O–H groups in total. The van der Waals surface area contributed by atoms with Crippen molar-refractivity contribution in [2.24, 2.45) is 0 Å². The molecule has 3 heteroatoms. The van der Waals surface area contributed by atoms with Crippen molar-refractivity contribution in [3.8, 4) is 0 Å². The molecule has 0 amide bonds. The Labute approximate surface area is 106 Å². The molecule has 90 valence electrons. The second kappa shape index (κ2) is 5.43. The van der Waals surface area contributed by atoms with E-state index in [1.54, 1.807) is 18.0 Å². The molecule has 1 atom stereocenters. The molecule has 0 spiro atoms. The first-order valence-electron chi connectivity index (χ1n) is 5.56. The summed E-state index contributed by atoms with van der Waals surface area (Å²) in [5.41, 5.74) is 0.158. The van der Waals surface area contributed by atoms with Crippen molar-refractivity contribution in [1.82, 2.24) is 0 Å². The van der Waals surface area contributed by atoms with Crippen molar-refractivity contribution < 1.29 is 9.52 Å². The van der Waals surface area contributed by atoms with E-state index < -0.39 is 5.60 Å². The van der Waals surface area contributed by atoms with Crippen molar-refractivity contribution in [3.05, 3.63) is 60.1 Å². The van der Waals surface area contributed by atoms with E-state index in [-0.39, 0.29) is 0 Å². The smallest absolute Gasteiger partial charge is 0.113 e. The molecular weight excluding hydrogens is 232 g/mol. The minimum atomic E-state index is -0.793. The van der Waals surface area contributed by atoms with Gasteiger partial charge >= 0.3 is 0 Å². The van der Waals surface area contributed by atoms with Crippen LogP contribution >= 0.6 is 11.8 Å². The van der Waals surface area contributed by atoms with Crippen LogP contribution in [0.5, 0.6) is 0 Å². The van der Waals surface area contributed by atoms with Crippen LogP contribution in [0.3, 0.4) is 0 Å². The maximum Gasteiger partial charge on any atom is 0.113 e. The van der Waals surface area contributed by atoms with Gasteiger partial charge in [0.1, 0.15) is 5.76 Å². The van der Waals surface area contributed by atoms with Gasteiger partial charge in [0.05, 0.1) is 17.6 Å². The summed E-state index contributed by atoms with van der Waals surface area (Å²) in [5, 5.41) is 10.4. The summed E-state index contributed by atoms with van der Waals surface area (Å²) in [6.07, 6.45) is 1.67. The van der Waals surface area contributed by atoms with E-state index >= 15 is 0 Å². The van der Waals surface area contributed by atoms with Crippen LogP contribution in [0, 0.1) is 0 Å². The minimum absolute atomic E-state index is 0.651. The highest BCUT2D eigenvalue weighted by atomic mass is 32.2. The van der Waals surface area contributed by atoms with Gasteiger partial charge in [-0.15, -0.1) is 0 Å². The quantitative estimate of drug-likeness (QED) is 0.880. The summed E-state index contributed by atoms with van der Waals surface area (Å²) in [6, 6.07) is 13.6. The SMILES string of the molecule is CC(O)(CSCc1ccco1)c1ccccc1. The number of furan rings is 1. The zero-order chi connectivity index (χ0) is 12.1. The van der Waals surface area contributed by atoms with Crippen LogP contribution in [0.2, 0.25) is 0 Å². The van der Waals surface area contributed by atoms with E-state index in [4.69, 9.17) is 4.42 Å². The minimum Gasteiger partial charge on any atom is -0.468 e. The molecule has 0 aliphatic heterocycles. The van der Waals surface area contributed by atoms with Crippen molar-refractivity contribution in [3.63, 3.8) is 0 Å². The lowest BCUT2D eigenvalue weighted by atomic mass is 9.99. The predicted octanol–water partition coefficient (Wildman–Crippen LogP) is 3.42. The molecular formula is C14H16O2S. The number of rotatable bonds is 5. The van der Waals surface area contributed by atoms with Crippen molar-refractivity contribution in [2.75, 3.05) is 5.75 Å². The van der Waals surface area contributed by atoms with E-state index in [0.29, 0.717) is 5.75 Å². The van der Waals surface area contributed by atoms with Crippen LogP contribution in [0.25, 0.3) is 0 Å². The first kappa shape index (κ1) is 12.3. The summed E-state index contributed by atoms with van der Waals surface area (Å²) in [7, 11) is 0. The molecule has 1 aromatic carbocycles. The second-order valence-electron chi connectivity index (χ2n) is 4.21. The zero-order valence-electron chi connectivity index (χ0n) is 9.80. The first-order valence-corrected chi connectivity index (χ1v) is 6.72. The number of hydrogen-bond donors (Lipinski definition) is 1. The highest BCUT2D eigenvalue weighted by molar-refractivity contribution is 7.98. The van der Waals surface area contributed by atoms with Gasteiger partial charge in [0.25, 0.3) is 0 Å². The van der Waals surface area contributed by atoms with E-state index in [1.807, 2.05) is 49.4 Å². The Balaban J connectivity index is 1.90. The van der Waals surface area contributed by atoms with Crippen LogP contribution in [0.4, 0.5) is 0 Å². The van der Waals surface area contributed by atoms with Gasteiger partial charge in [-0.25, -0.2) is 0 Å². The Morgan fingerprint density at radius 3 is 2.59 bits per heavy atom. The zero-order valence-corrected chi connectivity index (χ0v) is 10.6. The predicted molar refractivity (Wildman–Crippen MR) is 70.9 cm³/mol. The fraction of sp³-hybridized carbons (Fsp3) is 0.286. The van der Waals surface area contributed by atoms with E-state index in [9.17, 15) is 5.11 Å². The van der Waals surface area contributed by atoms with Gasteiger partial charge in [0.15, 0.2) is 0 Å². The highest BCUT2D eigenvalue weighted by Crippen LogP contribution is 2.26. The molecule has 0 aliphatic carbocycles. The maximum absolute atomic E-state index is 10.4. The third kappa shape index (κ3) is 3.38. The molecule has 2 aromatic rings. The van der Waals surface area contributed by atoms with Crippen LogP contribution in [-0.4, -0.2) is 10.9 Å². The third-order valence-corrected chi connectivity index (χ3v) is 3.86. The van der Waals surface area contributed by atoms with Crippen LogP contribution in [0.1, 0.15) is 18.2 Å². The molecule has 2 nitrogen and oxygen atoms in total. The summed E-state index contributed by atoms with van der Waals surface area (Å²) < 4.78 is 5.25. The van der Waals surface area contributed by atoms with Crippen LogP contribution in [0.15, 0.2) is 53.1 Å². The average molecular weight is 248 g/mol. The lowest BCUT2D eigenvalue weighted by Gasteiger charge is -2.23. The normalized spacial score (nSPS) is 14.5. The molecule has 0 saturated heterocycles. The maximum atomic E-state index is 10.4. The number of thioether (sulfide) groups is 1. The molecule has 17 heavy (non-hydrogen) atoms. The Bertz CT molecular complexity index is 435. The molecule has 2 rings (SSSR count). The topological polar surface area (TPSA) is 33.4 Å². The van der Waals surface area contributed by atoms with Gasteiger partial charge < -0.3 is 9.52 Å². The van der Waals surface area contributed by atoms with E-state index in [2.05, 4.69) is 0 Å². The lowest BCUT2D eigenvalue weighted by Crippen LogP contribution is -2.24. The molecule has 0 radical (unpaired) electrons. The Hall–Kier alpha value is -1.19. The standard InChI is InChI=1S/C14H16O2S/c1-14(15,12-6-3-2-4-7-12)11-17-10-13-8-5-9-16-13/h2-9,15H,10-11H2,1H3. The molecule has 1 heterocycles. The van der Waals surface area contributed by atoms with Crippen LogP contribution in [-0.2, 0) is 11.4 Å². The van der Waals surface area contributed by atoms with E-state index in [0.717, 1.165) is 17.1 Å². The largest absolute Gasteiger partial charge is 0.468 e.